The number of hydrogen-bond donors (Lipinski definition) is 2. The first-order valence-electron chi connectivity index (χ1n) is 7.30. The second-order valence-electron chi connectivity index (χ2n) is 5.53. The van der Waals surface area contributed by atoms with Crippen molar-refractivity contribution in [1.82, 2.24) is 0 Å². The summed E-state index contributed by atoms with van der Waals surface area (Å²) >= 11 is 0. The van der Waals surface area contributed by atoms with Gasteiger partial charge < -0.3 is 10.4 Å². The minimum atomic E-state index is -3.36. The van der Waals surface area contributed by atoms with Crippen LogP contribution in [0.25, 0.3) is 0 Å². The van der Waals surface area contributed by atoms with E-state index >= 15 is 0 Å². The van der Waals surface area contributed by atoms with Crippen molar-refractivity contribution >= 4 is 15.5 Å². The van der Waals surface area contributed by atoms with Gasteiger partial charge in [-0.05, 0) is 36.8 Å². The Morgan fingerprint density at radius 1 is 1.13 bits per heavy atom. The molecule has 2 N–H and O–H groups in total. The first-order valence-corrected chi connectivity index (χ1v) is 8.95. The van der Waals surface area contributed by atoms with Crippen molar-refractivity contribution in [2.45, 2.75) is 24.3 Å². The molecule has 0 spiro atoms. The van der Waals surface area contributed by atoms with E-state index in [4.69, 9.17) is 0 Å². The summed E-state index contributed by atoms with van der Waals surface area (Å²) in [5.41, 5.74) is -0.282. The fraction of sp³-hybridized carbons (Fsp3) is 0.294. The molecule has 2 rings (SSSR count). The highest BCUT2D eigenvalue weighted by atomic mass is 32.2. The van der Waals surface area contributed by atoms with Crippen molar-refractivity contribution in [1.29, 1.82) is 0 Å². The monoisotopic (exact) mass is 337 g/mol. The maximum absolute atomic E-state index is 13.0. The topological polar surface area (TPSA) is 66.4 Å². The van der Waals surface area contributed by atoms with Gasteiger partial charge >= 0.3 is 0 Å². The van der Waals surface area contributed by atoms with Crippen molar-refractivity contribution in [3.63, 3.8) is 0 Å². The Morgan fingerprint density at radius 2 is 1.74 bits per heavy atom. The number of aliphatic hydroxyl groups is 1. The van der Waals surface area contributed by atoms with Gasteiger partial charge in [0, 0.05) is 6.54 Å². The molecular formula is C17H20FNO3S. The molecule has 0 radical (unpaired) electrons. The van der Waals surface area contributed by atoms with E-state index in [0.717, 1.165) is 0 Å². The van der Waals surface area contributed by atoms with Gasteiger partial charge in [-0.1, -0.05) is 31.2 Å². The van der Waals surface area contributed by atoms with Gasteiger partial charge in [-0.25, -0.2) is 12.8 Å². The summed E-state index contributed by atoms with van der Waals surface area (Å²) < 4.78 is 37.2. The summed E-state index contributed by atoms with van der Waals surface area (Å²) in [6, 6.07) is 12.1. The van der Waals surface area contributed by atoms with Crippen LogP contribution in [0.15, 0.2) is 53.4 Å². The molecule has 0 amide bonds. The Morgan fingerprint density at radius 3 is 2.35 bits per heavy atom. The second-order valence-corrected chi connectivity index (χ2v) is 7.78. The van der Waals surface area contributed by atoms with Gasteiger partial charge in [0.05, 0.1) is 16.3 Å². The van der Waals surface area contributed by atoms with Crippen LogP contribution in [-0.4, -0.2) is 25.8 Å². The van der Waals surface area contributed by atoms with E-state index in [2.05, 4.69) is 5.32 Å². The van der Waals surface area contributed by atoms with Crippen molar-refractivity contribution in [3.05, 3.63) is 59.9 Å². The average Bonchev–Trinajstić information content (AvgIpc) is 2.54. The lowest BCUT2D eigenvalue weighted by molar-refractivity contribution is 0.0714. The van der Waals surface area contributed by atoms with Crippen LogP contribution in [0.3, 0.4) is 0 Å². The van der Waals surface area contributed by atoms with Gasteiger partial charge in [0.2, 0.25) is 0 Å². The predicted octanol–water partition coefficient (Wildman–Crippen LogP) is 2.94. The zero-order valence-electron chi connectivity index (χ0n) is 13.1. The highest BCUT2D eigenvalue weighted by Gasteiger charge is 2.24. The van der Waals surface area contributed by atoms with E-state index < -0.39 is 15.4 Å². The van der Waals surface area contributed by atoms with Crippen LogP contribution < -0.4 is 5.32 Å². The molecule has 6 heteroatoms. The predicted molar refractivity (Wildman–Crippen MR) is 88.6 cm³/mol. The lowest BCUT2D eigenvalue weighted by atomic mass is 9.96. The molecule has 0 aliphatic rings. The number of sulfone groups is 1. The minimum Gasteiger partial charge on any atom is -0.384 e. The van der Waals surface area contributed by atoms with Gasteiger partial charge in [0.1, 0.15) is 11.4 Å². The molecule has 2 aromatic rings. The molecule has 1 unspecified atom stereocenters. The maximum Gasteiger partial charge on any atom is 0.180 e. The molecule has 124 valence electrons. The van der Waals surface area contributed by atoms with E-state index in [-0.39, 0.29) is 23.0 Å². The van der Waals surface area contributed by atoms with Crippen LogP contribution in [-0.2, 0) is 15.4 Å². The number of anilines is 1. The van der Waals surface area contributed by atoms with E-state index in [0.29, 0.717) is 11.3 Å². The number of rotatable bonds is 6. The van der Waals surface area contributed by atoms with E-state index in [9.17, 15) is 17.9 Å². The Bertz CT molecular complexity index is 771. The molecule has 1 atom stereocenters. The molecular weight excluding hydrogens is 317 g/mol. The van der Waals surface area contributed by atoms with E-state index in [1.165, 1.54) is 30.3 Å². The normalized spacial score (nSPS) is 14.3. The molecule has 0 bridgehead atoms. The number of hydrogen-bond acceptors (Lipinski definition) is 4. The molecule has 0 saturated heterocycles. The Kier molecular flexibility index (Phi) is 5.06. The van der Waals surface area contributed by atoms with Crippen LogP contribution in [0, 0.1) is 5.82 Å². The average molecular weight is 337 g/mol. The fourth-order valence-corrected chi connectivity index (χ4v) is 3.29. The van der Waals surface area contributed by atoms with Crippen LogP contribution in [0.2, 0.25) is 0 Å². The molecule has 0 aliphatic carbocycles. The fourth-order valence-electron chi connectivity index (χ4n) is 2.22. The molecule has 4 nitrogen and oxygen atoms in total. The smallest absolute Gasteiger partial charge is 0.180 e. The second kappa shape index (κ2) is 6.68. The number of nitrogens with one attached hydrogen (secondary N) is 1. The zero-order chi connectivity index (χ0) is 17.1. The molecule has 23 heavy (non-hydrogen) atoms. The van der Waals surface area contributed by atoms with Gasteiger partial charge in [-0.3, -0.25) is 0 Å². The third-order valence-electron chi connectivity index (χ3n) is 3.69. The minimum absolute atomic E-state index is 0.0000479. The standard InChI is InChI=1S/C17H20FNO3S/c1-3-23(21,22)16-7-5-4-6-15(16)19-12-17(2,20)13-8-10-14(18)11-9-13/h4-11,19-20H,3,12H2,1-2H3. The van der Waals surface area contributed by atoms with Crippen LogP contribution in [0.1, 0.15) is 19.4 Å². The summed E-state index contributed by atoms with van der Waals surface area (Å²) in [4.78, 5) is 0.206. The number of benzene rings is 2. The van der Waals surface area contributed by atoms with Gasteiger partial charge in [0.25, 0.3) is 0 Å². The summed E-state index contributed by atoms with van der Waals surface area (Å²) in [5, 5.41) is 13.5. The molecule has 0 fully saturated rings. The first-order chi connectivity index (χ1) is 10.8. The zero-order valence-corrected chi connectivity index (χ0v) is 13.9. The third kappa shape index (κ3) is 4.09. The highest BCUT2D eigenvalue weighted by Crippen LogP contribution is 2.25. The van der Waals surface area contributed by atoms with Crippen molar-refractivity contribution in [3.8, 4) is 0 Å². The summed E-state index contributed by atoms with van der Waals surface area (Å²) in [6.45, 7) is 3.26. The quantitative estimate of drug-likeness (QED) is 0.850. The molecule has 0 aliphatic heterocycles. The summed E-state index contributed by atoms with van der Waals surface area (Å²) in [6.07, 6.45) is 0. The Labute approximate surface area is 135 Å². The SMILES string of the molecule is CCS(=O)(=O)c1ccccc1NCC(C)(O)c1ccc(F)cc1. The van der Waals surface area contributed by atoms with Crippen molar-refractivity contribution < 1.29 is 17.9 Å². The number of para-hydroxylation sites is 1. The lowest BCUT2D eigenvalue weighted by Gasteiger charge is -2.25. The molecule has 2 aromatic carbocycles. The van der Waals surface area contributed by atoms with Crippen molar-refractivity contribution in [2.24, 2.45) is 0 Å². The van der Waals surface area contributed by atoms with E-state index in [1.807, 2.05) is 0 Å². The van der Waals surface area contributed by atoms with Gasteiger partial charge in [0.15, 0.2) is 9.84 Å². The first kappa shape index (κ1) is 17.4. The van der Waals surface area contributed by atoms with Gasteiger partial charge in [-0.15, -0.1) is 0 Å². The molecule has 0 aromatic heterocycles. The summed E-state index contributed by atoms with van der Waals surface area (Å²) in [7, 11) is -3.36. The number of halogens is 1. The Balaban J connectivity index is 2.22. The van der Waals surface area contributed by atoms with Crippen LogP contribution >= 0.6 is 0 Å². The van der Waals surface area contributed by atoms with Crippen molar-refractivity contribution in [2.75, 3.05) is 17.6 Å². The highest BCUT2D eigenvalue weighted by molar-refractivity contribution is 7.91. The van der Waals surface area contributed by atoms with Crippen LogP contribution in [0.4, 0.5) is 10.1 Å². The Hall–Kier alpha value is -1.92. The molecule has 0 heterocycles. The largest absolute Gasteiger partial charge is 0.384 e. The third-order valence-corrected chi connectivity index (χ3v) is 5.48. The maximum atomic E-state index is 13.0. The lowest BCUT2D eigenvalue weighted by Crippen LogP contribution is -2.31. The summed E-state index contributed by atoms with van der Waals surface area (Å²) in [5.74, 6) is -0.378. The molecule has 0 saturated carbocycles. The van der Waals surface area contributed by atoms with E-state index in [1.54, 1.807) is 32.0 Å². The van der Waals surface area contributed by atoms with Gasteiger partial charge in [-0.2, -0.15) is 0 Å². The van der Waals surface area contributed by atoms with Crippen LogP contribution in [0.5, 0.6) is 0 Å².